The number of amides is 3. The number of nitrogens with one attached hydrogen (secondary N) is 3. The molecule has 0 spiro atoms. The first-order chi connectivity index (χ1) is 30.8. The molecule has 17 nitrogen and oxygen atoms in total. The SMILES string of the molecule is O=C1CCC(n2nnc3ccc(N4CCC(CCN5CCN(c6ccc(Nc7ncnc8c7ncn8C7CC(NC(=O)Cc8ccccc8)C7)cc6)CC5)CC4)cc3c2=O)C(=O)N1. The lowest BCUT2D eigenvalue weighted by atomic mass is 9.86. The molecule has 6 heterocycles. The highest BCUT2D eigenvalue weighted by atomic mass is 16.2. The molecule has 1 aliphatic carbocycles. The molecule has 17 heteroatoms. The Kier molecular flexibility index (Phi) is 11.2. The van der Waals surface area contributed by atoms with Crippen molar-refractivity contribution in [2.45, 2.75) is 69.5 Å². The molecule has 1 atom stereocenters. The maximum Gasteiger partial charge on any atom is 0.278 e. The molecule has 324 valence electrons. The van der Waals surface area contributed by atoms with E-state index in [9.17, 15) is 19.2 Å². The Hall–Kier alpha value is -6.75. The summed E-state index contributed by atoms with van der Waals surface area (Å²) in [5.41, 5.74) is 5.76. The van der Waals surface area contributed by atoms with Crippen molar-refractivity contribution < 1.29 is 14.4 Å². The van der Waals surface area contributed by atoms with Gasteiger partial charge in [0.05, 0.1) is 18.1 Å². The Morgan fingerprint density at radius 3 is 2.35 bits per heavy atom. The van der Waals surface area contributed by atoms with Crippen molar-refractivity contribution in [2.24, 2.45) is 5.92 Å². The molecule has 0 radical (unpaired) electrons. The van der Waals surface area contributed by atoms with Gasteiger partial charge >= 0.3 is 0 Å². The van der Waals surface area contributed by atoms with Gasteiger partial charge in [-0.3, -0.25) is 29.4 Å². The van der Waals surface area contributed by atoms with Crippen molar-refractivity contribution in [3.05, 3.63) is 101 Å². The summed E-state index contributed by atoms with van der Waals surface area (Å²) in [4.78, 5) is 71.2. The molecular formula is C46H51N13O4. The number of imide groups is 1. The van der Waals surface area contributed by atoms with Crippen molar-refractivity contribution >= 4 is 62.7 Å². The molecule has 3 aromatic heterocycles. The number of piperazine rings is 1. The van der Waals surface area contributed by atoms with Gasteiger partial charge in [-0.15, -0.1) is 5.10 Å². The van der Waals surface area contributed by atoms with E-state index in [1.54, 1.807) is 6.33 Å². The van der Waals surface area contributed by atoms with Crippen molar-refractivity contribution in [2.75, 3.05) is 60.9 Å². The second kappa shape index (κ2) is 17.6. The lowest BCUT2D eigenvalue weighted by Gasteiger charge is -2.38. The first-order valence-electron chi connectivity index (χ1n) is 22.1. The van der Waals surface area contributed by atoms with Crippen LogP contribution >= 0.6 is 0 Å². The molecule has 3 N–H and O–H groups in total. The van der Waals surface area contributed by atoms with E-state index in [1.165, 1.54) is 12.1 Å². The number of hydrogen-bond donors (Lipinski definition) is 3. The van der Waals surface area contributed by atoms with Crippen molar-refractivity contribution in [1.29, 1.82) is 0 Å². The summed E-state index contributed by atoms with van der Waals surface area (Å²) in [7, 11) is 0. The molecule has 6 aromatic rings. The van der Waals surface area contributed by atoms with Gasteiger partial charge in [-0.1, -0.05) is 35.5 Å². The molecule has 4 aliphatic rings. The van der Waals surface area contributed by atoms with Crippen molar-refractivity contribution in [3.8, 4) is 0 Å². The minimum absolute atomic E-state index is 0.0493. The Bertz CT molecular complexity index is 2680. The highest BCUT2D eigenvalue weighted by molar-refractivity contribution is 5.99. The van der Waals surface area contributed by atoms with Gasteiger partial charge in [-0.25, -0.2) is 15.0 Å². The van der Waals surface area contributed by atoms with E-state index in [2.05, 4.69) is 79.8 Å². The molecule has 3 aliphatic heterocycles. The number of carbonyl (C=O) groups excluding carboxylic acids is 3. The fourth-order valence-corrected chi connectivity index (χ4v) is 9.53. The van der Waals surface area contributed by atoms with Gasteiger partial charge in [0.2, 0.25) is 11.8 Å². The van der Waals surface area contributed by atoms with Gasteiger partial charge in [0.1, 0.15) is 17.9 Å². The van der Waals surface area contributed by atoms with E-state index >= 15 is 0 Å². The van der Waals surface area contributed by atoms with Crippen molar-refractivity contribution in [1.82, 2.24) is 50.0 Å². The van der Waals surface area contributed by atoms with Gasteiger partial charge in [0, 0.05) is 74.8 Å². The van der Waals surface area contributed by atoms with Crippen LogP contribution in [0.15, 0.2) is 90.2 Å². The Balaban J connectivity index is 0.667. The first-order valence-corrected chi connectivity index (χ1v) is 22.1. The van der Waals surface area contributed by atoms with Crippen LogP contribution in [-0.4, -0.2) is 109 Å². The zero-order valence-corrected chi connectivity index (χ0v) is 35.1. The smallest absolute Gasteiger partial charge is 0.278 e. The highest BCUT2D eigenvalue weighted by Crippen LogP contribution is 2.36. The molecule has 3 aromatic carbocycles. The number of anilines is 4. The summed E-state index contributed by atoms with van der Waals surface area (Å²) in [6.45, 7) is 6.93. The molecule has 3 saturated heterocycles. The summed E-state index contributed by atoms with van der Waals surface area (Å²) < 4.78 is 3.22. The van der Waals surface area contributed by atoms with Gasteiger partial charge in [-0.05, 0) is 99.0 Å². The Morgan fingerprint density at radius 1 is 0.810 bits per heavy atom. The van der Waals surface area contributed by atoms with Crippen LogP contribution < -0.4 is 31.3 Å². The van der Waals surface area contributed by atoms with Crippen LogP contribution in [0.3, 0.4) is 0 Å². The summed E-state index contributed by atoms with van der Waals surface area (Å²) in [6, 6.07) is 23.5. The molecular weight excluding hydrogens is 799 g/mol. The van der Waals surface area contributed by atoms with Crippen LogP contribution in [0.1, 0.15) is 62.6 Å². The predicted molar refractivity (Wildman–Crippen MR) is 239 cm³/mol. The third-order valence-corrected chi connectivity index (χ3v) is 13.3. The molecule has 3 amide bonds. The van der Waals surface area contributed by atoms with E-state index in [0.717, 1.165) is 104 Å². The quantitative estimate of drug-likeness (QED) is 0.149. The maximum absolute atomic E-state index is 13.4. The minimum atomic E-state index is -0.839. The van der Waals surface area contributed by atoms with E-state index in [0.29, 0.717) is 29.1 Å². The maximum atomic E-state index is 13.4. The zero-order valence-electron chi connectivity index (χ0n) is 35.1. The van der Waals surface area contributed by atoms with E-state index in [1.807, 2.05) is 54.9 Å². The first kappa shape index (κ1) is 40.3. The van der Waals surface area contributed by atoms with Crippen LogP contribution in [0.25, 0.3) is 22.1 Å². The van der Waals surface area contributed by atoms with Crippen LogP contribution in [0.2, 0.25) is 0 Å². The zero-order chi connectivity index (χ0) is 42.9. The predicted octanol–water partition coefficient (Wildman–Crippen LogP) is 4.14. The van der Waals surface area contributed by atoms with Gasteiger partial charge < -0.3 is 25.0 Å². The average molecular weight is 850 g/mol. The average Bonchev–Trinajstić information content (AvgIpc) is 3.73. The fourth-order valence-electron chi connectivity index (χ4n) is 9.53. The second-order valence-corrected chi connectivity index (χ2v) is 17.3. The van der Waals surface area contributed by atoms with E-state index in [-0.39, 0.29) is 42.3 Å². The van der Waals surface area contributed by atoms with Crippen molar-refractivity contribution in [3.63, 3.8) is 0 Å². The number of carbonyl (C=O) groups is 3. The number of imidazole rings is 1. The minimum Gasteiger partial charge on any atom is -0.371 e. The Morgan fingerprint density at radius 2 is 1.57 bits per heavy atom. The van der Waals surface area contributed by atoms with Crippen LogP contribution in [0.5, 0.6) is 0 Å². The number of piperidine rings is 2. The number of aromatic nitrogens is 7. The standard InChI is InChI=1S/C46H51N13O4/c60-40-13-12-39(45(62)52-40)59-46(63)37-27-35(10-11-38(37)53-54-59)56-18-15-30(16-19-56)14-17-55-20-22-57(23-21-55)34-8-6-32(7-9-34)51-43-42-44(48-28-47-43)58(29-49-42)36-25-33(26-36)50-41(61)24-31-4-2-1-3-5-31/h1-11,27-30,33,36,39H,12-26H2,(H,50,61)(H,47,48,51)(H,52,60,62). The van der Waals surface area contributed by atoms with E-state index < -0.39 is 11.9 Å². The third-order valence-electron chi connectivity index (χ3n) is 13.3. The number of rotatable bonds is 12. The van der Waals surface area contributed by atoms with Gasteiger partial charge in [0.15, 0.2) is 17.0 Å². The molecule has 1 saturated carbocycles. The second-order valence-electron chi connectivity index (χ2n) is 17.3. The summed E-state index contributed by atoms with van der Waals surface area (Å²) in [5.74, 6) is 0.511. The molecule has 4 fully saturated rings. The monoisotopic (exact) mass is 849 g/mol. The van der Waals surface area contributed by atoms with Gasteiger partial charge in [-0.2, -0.15) is 4.68 Å². The van der Waals surface area contributed by atoms with E-state index in [4.69, 9.17) is 4.98 Å². The normalized spacial score (nSPS) is 21.0. The number of benzene rings is 3. The molecule has 63 heavy (non-hydrogen) atoms. The van der Waals surface area contributed by atoms with Gasteiger partial charge in [0.25, 0.3) is 11.5 Å². The lowest BCUT2D eigenvalue weighted by Crippen LogP contribution is -2.47. The largest absolute Gasteiger partial charge is 0.371 e. The van der Waals surface area contributed by atoms with Crippen LogP contribution in [-0.2, 0) is 20.8 Å². The summed E-state index contributed by atoms with van der Waals surface area (Å²) >= 11 is 0. The Labute approximate surface area is 363 Å². The molecule has 1 unspecified atom stereocenters. The fraction of sp³-hybridized carbons (Fsp3) is 0.413. The summed E-state index contributed by atoms with van der Waals surface area (Å²) in [6.07, 6.45) is 9.22. The lowest BCUT2D eigenvalue weighted by molar-refractivity contribution is -0.136. The number of hydrogen-bond acceptors (Lipinski definition) is 13. The summed E-state index contributed by atoms with van der Waals surface area (Å²) in [5, 5.41) is 17.6. The number of nitrogens with zero attached hydrogens (tertiary/aromatic N) is 10. The highest BCUT2D eigenvalue weighted by Gasteiger charge is 2.34. The molecule has 0 bridgehead atoms. The number of fused-ring (bicyclic) bond motifs is 2. The molecule has 10 rings (SSSR count). The topological polar surface area (TPSA) is 188 Å². The third kappa shape index (κ3) is 8.69. The van der Waals surface area contributed by atoms with Crippen LogP contribution in [0.4, 0.5) is 22.9 Å². The van der Waals surface area contributed by atoms with Crippen LogP contribution in [0, 0.1) is 5.92 Å².